The van der Waals surface area contributed by atoms with Crippen LogP contribution in [0.15, 0.2) is 48.5 Å². The molecular formula is C18H19ClN2O2. The summed E-state index contributed by atoms with van der Waals surface area (Å²) in [5.74, 6) is -0.330. The Morgan fingerprint density at radius 1 is 0.913 bits per heavy atom. The first-order chi connectivity index (χ1) is 11.0. The highest BCUT2D eigenvalue weighted by molar-refractivity contribution is 6.30. The van der Waals surface area contributed by atoms with Crippen LogP contribution in [0.2, 0.25) is 5.02 Å². The minimum absolute atomic E-state index is 0.0739. The third-order valence-electron chi connectivity index (χ3n) is 3.20. The zero-order chi connectivity index (χ0) is 16.8. The van der Waals surface area contributed by atoms with Gasteiger partial charge in [-0.05, 0) is 55.8 Å². The lowest BCUT2D eigenvalue weighted by atomic mass is 10.1. The topological polar surface area (TPSA) is 58.2 Å². The SMILES string of the molecule is CC(C)NC(=O)c1ccc(C(=O)NCc2ccc(Cl)cc2)cc1. The Kier molecular flexibility index (Phi) is 5.77. The Labute approximate surface area is 140 Å². The summed E-state index contributed by atoms with van der Waals surface area (Å²) >= 11 is 5.82. The van der Waals surface area contributed by atoms with Gasteiger partial charge in [0, 0.05) is 28.7 Å². The van der Waals surface area contributed by atoms with E-state index in [0.717, 1.165) is 5.56 Å². The first-order valence-corrected chi connectivity index (χ1v) is 7.77. The summed E-state index contributed by atoms with van der Waals surface area (Å²) in [5.41, 5.74) is 2.02. The fourth-order valence-corrected chi connectivity index (χ4v) is 2.13. The van der Waals surface area contributed by atoms with Crippen molar-refractivity contribution in [3.63, 3.8) is 0 Å². The lowest BCUT2D eigenvalue weighted by Crippen LogP contribution is -2.30. The highest BCUT2D eigenvalue weighted by Crippen LogP contribution is 2.10. The first-order valence-electron chi connectivity index (χ1n) is 7.39. The average molecular weight is 331 g/mol. The maximum absolute atomic E-state index is 12.1. The quantitative estimate of drug-likeness (QED) is 0.882. The molecule has 0 spiro atoms. The monoisotopic (exact) mass is 330 g/mol. The summed E-state index contributed by atoms with van der Waals surface area (Å²) in [6.45, 7) is 4.22. The van der Waals surface area contributed by atoms with Gasteiger partial charge in [-0.1, -0.05) is 23.7 Å². The lowest BCUT2D eigenvalue weighted by Gasteiger charge is -2.09. The van der Waals surface area contributed by atoms with Crippen LogP contribution in [-0.2, 0) is 6.54 Å². The third kappa shape index (κ3) is 5.11. The van der Waals surface area contributed by atoms with Crippen molar-refractivity contribution < 1.29 is 9.59 Å². The number of hydrogen-bond donors (Lipinski definition) is 2. The van der Waals surface area contributed by atoms with E-state index in [-0.39, 0.29) is 17.9 Å². The lowest BCUT2D eigenvalue weighted by molar-refractivity contribution is 0.0934. The van der Waals surface area contributed by atoms with Crippen molar-refractivity contribution in [2.75, 3.05) is 0 Å². The second-order valence-electron chi connectivity index (χ2n) is 5.51. The van der Waals surface area contributed by atoms with Crippen molar-refractivity contribution in [3.8, 4) is 0 Å². The molecule has 4 nitrogen and oxygen atoms in total. The van der Waals surface area contributed by atoms with Gasteiger partial charge in [-0.25, -0.2) is 0 Å². The Morgan fingerprint density at radius 3 is 1.96 bits per heavy atom. The van der Waals surface area contributed by atoms with Crippen LogP contribution >= 0.6 is 11.6 Å². The van der Waals surface area contributed by atoms with E-state index >= 15 is 0 Å². The van der Waals surface area contributed by atoms with Crippen molar-refractivity contribution >= 4 is 23.4 Å². The normalized spacial score (nSPS) is 10.4. The molecule has 0 aliphatic rings. The number of carbonyl (C=O) groups excluding carboxylic acids is 2. The van der Waals surface area contributed by atoms with Gasteiger partial charge < -0.3 is 10.6 Å². The molecule has 5 heteroatoms. The van der Waals surface area contributed by atoms with E-state index < -0.39 is 0 Å². The zero-order valence-corrected chi connectivity index (χ0v) is 13.9. The third-order valence-corrected chi connectivity index (χ3v) is 3.45. The molecule has 0 aromatic heterocycles. The molecular weight excluding hydrogens is 312 g/mol. The van der Waals surface area contributed by atoms with Crippen LogP contribution in [0.5, 0.6) is 0 Å². The van der Waals surface area contributed by atoms with Crippen molar-refractivity contribution in [1.82, 2.24) is 10.6 Å². The number of halogens is 1. The maximum Gasteiger partial charge on any atom is 0.251 e. The second-order valence-corrected chi connectivity index (χ2v) is 5.95. The molecule has 2 rings (SSSR count). The van der Waals surface area contributed by atoms with Gasteiger partial charge in [0.05, 0.1) is 0 Å². The Hall–Kier alpha value is -2.33. The van der Waals surface area contributed by atoms with E-state index in [9.17, 15) is 9.59 Å². The van der Waals surface area contributed by atoms with Crippen LogP contribution in [0.4, 0.5) is 0 Å². The molecule has 2 aromatic rings. The van der Waals surface area contributed by atoms with E-state index in [0.29, 0.717) is 22.7 Å². The summed E-state index contributed by atoms with van der Waals surface area (Å²) in [7, 11) is 0. The van der Waals surface area contributed by atoms with E-state index in [2.05, 4.69) is 10.6 Å². The summed E-state index contributed by atoms with van der Waals surface area (Å²) < 4.78 is 0. The Bertz CT molecular complexity index is 679. The molecule has 2 aromatic carbocycles. The van der Waals surface area contributed by atoms with E-state index in [1.54, 1.807) is 36.4 Å². The highest BCUT2D eigenvalue weighted by atomic mass is 35.5. The molecule has 0 bridgehead atoms. The highest BCUT2D eigenvalue weighted by Gasteiger charge is 2.09. The van der Waals surface area contributed by atoms with Gasteiger partial charge in [0.2, 0.25) is 0 Å². The van der Waals surface area contributed by atoms with Crippen LogP contribution in [-0.4, -0.2) is 17.9 Å². The minimum atomic E-state index is -0.184. The molecule has 120 valence electrons. The molecule has 2 N–H and O–H groups in total. The number of rotatable bonds is 5. The largest absolute Gasteiger partial charge is 0.350 e. The number of hydrogen-bond acceptors (Lipinski definition) is 2. The van der Waals surface area contributed by atoms with Crippen molar-refractivity contribution in [2.24, 2.45) is 0 Å². The predicted molar refractivity (Wildman–Crippen MR) is 91.7 cm³/mol. The van der Waals surface area contributed by atoms with E-state index in [1.165, 1.54) is 0 Å². The van der Waals surface area contributed by atoms with Gasteiger partial charge in [0.1, 0.15) is 0 Å². The molecule has 0 saturated carbocycles. The van der Waals surface area contributed by atoms with Gasteiger partial charge in [0.25, 0.3) is 11.8 Å². The molecule has 0 aliphatic heterocycles. The Morgan fingerprint density at radius 2 is 1.43 bits per heavy atom. The van der Waals surface area contributed by atoms with Gasteiger partial charge in [0.15, 0.2) is 0 Å². The summed E-state index contributed by atoms with van der Waals surface area (Å²) in [6, 6.07) is 14.0. The molecule has 0 heterocycles. The maximum atomic E-state index is 12.1. The smallest absolute Gasteiger partial charge is 0.251 e. The number of amides is 2. The summed E-state index contributed by atoms with van der Waals surface area (Å²) in [6.07, 6.45) is 0. The van der Waals surface area contributed by atoms with Gasteiger partial charge in [-0.3, -0.25) is 9.59 Å². The zero-order valence-electron chi connectivity index (χ0n) is 13.1. The molecule has 0 fully saturated rings. The second kappa shape index (κ2) is 7.79. The molecule has 0 aliphatic carbocycles. The van der Waals surface area contributed by atoms with E-state index in [1.807, 2.05) is 26.0 Å². The fourth-order valence-electron chi connectivity index (χ4n) is 2.01. The number of benzene rings is 2. The summed E-state index contributed by atoms with van der Waals surface area (Å²) in [4.78, 5) is 24.0. The number of carbonyl (C=O) groups is 2. The average Bonchev–Trinajstić information content (AvgIpc) is 2.53. The van der Waals surface area contributed by atoms with Gasteiger partial charge in [-0.2, -0.15) is 0 Å². The van der Waals surface area contributed by atoms with Crippen LogP contribution in [0, 0.1) is 0 Å². The van der Waals surface area contributed by atoms with Crippen LogP contribution in [0.1, 0.15) is 40.1 Å². The molecule has 0 atom stereocenters. The predicted octanol–water partition coefficient (Wildman–Crippen LogP) is 3.41. The summed E-state index contributed by atoms with van der Waals surface area (Å²) in [5, 5.41) is 6.30. The van der Waals surface area contributed by atoms with Crippen LogP contribution in [0.3, 0.4) is 0 Å². The standard InChI is InChI=1S/C18H19ClN2O2/c1-12(2)21-18(23)15-7-5-14(6-8-15)17(22)20-11-13-3-9-16(19)10-4-13/h3-10,12H,11H2,1-2H3,(H,20,22)(H,21,23). The van der Waals surface area contributed by atoms with Gasteiger partial charge >= 0.3 is 0 Å². The van der Waals surface area contributed by atoms with Crippen LogP contribution in [0.25, 0.3) is 0 Å². The fraction of sp³-hybridized carbons (Fsp3) is 0.222. The molecule has 0 radical (unpaired) electrons. The van der Waals surface area contributed by atoms with Crippen molar-refractivity contribution in [1.29, 1.82) is 0 Å². The first kappa shape index (κ1) is 17.0. The number of nitrogens with one attached hydrogen (secondary N) is 2. The molecule has 2 amide bonds. The molecule has 0 saturated heterocycles. The van der Waals surface area contributed by atoms with Crippen molar-refractivity contribution in [3.05, 3.63) is 70.2 Å². The van der Waals surface area contributed by atoms with E-state index in [4.69, 9.17) is 11.6 Å². The Balaban J connectivity index is 1.94. The minimum Gasteiger partial charge on any atom is -0.350 e. The van der Waals surface area contributed by atoms with Crippen LogP contribution < -0.4 is 10.6 Å². The van der Waals surface area contributed by atoms with Gasteiger partial charge in [-0.15, -0.1) is 0 Å². The molecule has 23 heavy (non-hydrogen) atoms. The molecule has 0 unspecified atom stereocenters. The van der Waals surface area contributed by atoms with Crippen molar-refractivity contribution in [2.45, 2.75) is 26.4 Å².